The van der Waals surface area contributed by atoms with E-state index in [1.54, 1.807) is 31.4 Å². The third-order valence-electron chi connectivity index (χ3n) is 5.97. The molecule has 3 aromatic rings. The van der Waals surface area contributed by atoms with Gasteiger partial charge in [-0.3, -0.25) is 19.4 Å². The summed E-state index contributed by atoms with van der Waals surface area (Å²) in [6, 6.07) is 23.1. The number of carbonyl (C=O) groups is 3. The van der Waals surface area contributed by atoms with Gasteiger partial charge in [-0.2, -0.15) is 0 Å². The number of para-hydroxylation sites is 1. The Balaban J connectivity index is 1.27. The fourth-order valence-corrected chi connectivity index (χ4v) is 4.88. The first-order chi connectivity index (χ1) is 18.5. The van der Waals surface area contributed by atoms with E-state index in [2.05, 4.69) is 20.6 Å². The van der Waals surface area contributed by atoms with Crippen LogP contribution in [0.15, 0.2) is 88.8 Å². The third-order valence-corrected chi connectivity index (χ3v) is 6.90. The number of anilines is 1. The van der Waals surface area contributed by atoms with Crippen LogP contribution in [-0.4, -0.2) is 52.5 Å². The minimum absolute atomic E-state index is 0.0340. The van der Waals surface area contributed by atoms with Crippen LogP contribution in [0.4, 0.5) is 11.4 Å². The van der Waals surface area contributed by atoms with E-state index in [1.165, 1.54) is 4.90 Å². The average Bonchev–Trinajstić information content (AvgIpc) is 3.27. The van der Waals surface area contributed by atoms with Gasteiger partial charge in [0.15, 0.2) is 5.17 Å². The summed E-state index contributed by atoms with van der Waals surface area (Å²) in [5.41, 5.74) is 2.96. The highest BCUT2D eigenvalue weighted by molar-refractivity contribution is 8.14. The first kappa shape index (κ1) is 25.2. The van der Waals surface area contributed by atoms with Gasteiger partial charge in [0, 0.05) is 17.8 Å². The number of hydrogen-bond donors (Lipinski definition) is 2. The lowest BCUT2D eigenvalue weighted by Gasteiger charge is -2.25. The summed E-state index contributed by atoms with van der Waals surface area (Å²) in [4.78, 5) is 49.3. The molecule has 0 radical (unpaired) electrons. The normalized spacial score (nSPS) is 15.7. The van der Waals surface area contributed by atoms with Crippen molar-refractivity contribution in [3.05, 3.63) is 90.0 Å². The Hall–Kier alpha value is -4.44. The molecule has 0 spiro atoms. The van der Waals surface area contributed by atoms with Crippen molar-refractivity contribution in [3.8, 4) is 5.75 Å². The molecule has 0 aromatic heterocycles. The fourth-order valence-electron chi connectivity index (χ4n) is 4.08. The number of nitrogens with one attached hydrogen (secondary N) is 2. The van der Waals surface area contributed by atoms with Gasteiger partial charge in [-0.05, 0) is 42.0 Å². The molecule has 0 bridgehead atoms. The zero-order valence-corrected chi connectivity index (χ0v) is 21.4. The van der Waals surface area contributed by atoms with Gasteiger partial charge in [0.05, 0.1) is 25.0 Å². The number of ether oxygens (including phenoxy) is 1. The van der Waals surface area contributed by atoms with Gasteiger partial charge < -0.3 is 15.4 Å². The molecule has 192 valence electrons. The Labute approximate surface area is 224 Å². The molecule has 3 aromatic carbocycles. The summed E-state index contributed by atoms with van der Waals surface area (Å²) in [7, 11) is 1.58. The van der Waals surface area contributed by atoms with E-state index in [1.807, 2.05) is 54.6 Å². The monoisotopic (exact) mass is 527 g/mol. The smallest absolute Gasteiger partial charge is 0.259 e. The second kappa shape index (κ2) is 11.3. The number of benzene rings is 3. The fraction of sp³-hybridized carbons (Fsp3) is 0.179. The predicted molar refractivity (Wildman–Crippen MR) is 148 cm³/mol. The molecule has 3 amide bonds. The molecule has 2 aliphatic rings. The zero-order valence-electron chi connectivity index (χ0n) is 20.6. The summed E-state index contributed by atoms with van der Waals surface area (Å²) in [5.74, 6) is 0.311. The lowest BCUT2D eigenvalue weighted by Crippen LogP contribution is -2.42. The van der Waals surface area contributed by atoms with Crippen molar-refractivity contribution < 1.29 is 19.1 Å². The highest BCUT2D eigenvalue weighted by Crippen LogP contribution is 2.34. The van der Waals surface area contributed by atoms with E-state index in [0.717, 1.165) is 17.3 Å². The van der Waals surface area contributed by atoms with Crippen molar-refractivity contribution in [1.82, 2.24) is 10.2 Å². The Kier molecular flexibility index (Phi) is 7.50. The summed E-state index contributed by atoms with van der Waals surface area (Å²) in [6.45, 7) is 0.371. The van der Waals surface area contributed by atoms with Gasteiger partial charge in [0.1, 0.15) is 17.6 Å². The SMILES string of the molecule is COc1ccc(NC(=O)CSC2=Nc3ccccc3C3=N[C@@H](CC(=O)NCc4ccccc4)C(=O)N23)cc1. The number of fused-ring (bicyclic) bond motifs is 3. The number of carbonyl (C=O) groups excluding carboxylic acids is 3. The Morgan fingerprint density at radius 3 is 2.47 bits per heavy atom. The standard InChI is InChI=1S/C28H25N5O4S/c1-37-20-13-11-19(12-14-20)30-25(35)17-38-28-32-22-10-6-5-9-21(22)26-31-23(27(36)33(26)28)15-24(34)29-16-18-7-3-2-4-8-18/h2-14,23H,15-17H2,1H3,(H,29,34)(H,30,35)/t23-/m0/s1. The van der Waals surface area contributed by atoms with Crippen molar-refractivity contribution in [2.75, 3.05) is 18.2 Å². The molecule has 0 unspecified atom stereocenters. The molecule has 9 nitrogen and oxygen atoms in total. The van der Waals surface area contributed by atoms with E-state index < -0.39 is 6.04 Å². The van der Waals surface area contributed by atoms with Crippen molar-refractivity contribution in [3.63, 3.8) is 0 Å². The van der Waals surface area contributed by atoms with Crippen LogP contribution in [0.1, 0.15) is 17.5 Å². The van der Waals surface area contributed by atoms with E-state index in [0.29, 0.717) is 40.2 Å². The lowest BCUT2D eigenvalue weighted by atomic mass is 10.1. The second-order valence-corrected chi connectivity index (χ2v) is 9.53. The molecule has 0 saturated carbocycles. The molecule has 2 N–H and O–H groups in total. The van der Waals surface area contributed by atoms with E-state index >= 15 is 0 Å². The van der Waals surface area contributed by atoms with Gasteiger partial charge in [0.25, 0.3) is 5.91 Å². The molecule has 5 rings (SSSR count). The summed E-state index contributed by atoms with van der Waals surface area (Å²) < 4.78 is 5.14. The number of hydrogen-bond acceptors (Lipinski definition) is 7. The van der Waals surface area contributed by atoms with Crippen LogP contribution in [0.25, 0.3) is 0 Å². The first-order valence-electron chi connectivity index (χ1n) is 12.0. The molecular formula is C28H25N5O4S. The maximum absolute atomic E-state index is 13.4. The van der Waals surface area contributed by atoms with Crippen LogP contribution < -0.4 is 15.4 Å². The summed E-state index contributed by atoms with van der Waals surface area (Å²) in [6.07, 6.45) is -0.0796. The van der Waals surface area contributed by atoms with Crippen molar-refractivity contribution in [2.45, 2.75) is 19.0 Å². The molecule has 2 aliphatic heterocycles. The molecular weight excluding hydrogens is 502 g/mol. The number of rotatable bonds is 8. The maximum atomic E-state index is 13.4. The number of amidine groups is 2. The van der Waals surface area contributed by atoms with E-state index in [-0.39, 0.29) is 29.9 Å². The molecule has 2 heterocycles. The largest absolute Gasteiger partial charge is 0.497 e. The van der Waals surface area contributed by atoms with Crippen molar-refractivity contribution in [1.29, 1.82) is 0 Å². The van der Waals surface area contributed by atoms with Crippen LogP contribution in [-0.2, 0) is 20.9 Å². The maximum Gasteiger partial charge on any atom is 0.259 e. The number of aliphatic imine (C=N–C) groups is 2. The Morgan fingerprint density at radius 1 is 0.974 bits per heavy atom. The molecule has 0 saturated heterocycles. The van der Waals surface area contributed by atoms with Crippen LogP contribution >= 0.6 is 11.8 Å². The molecule has 1 atom stereocenters. The molecule has 0 fully saturated rings. The third kappa shape index (κ3) is 5.60. The lowest BCUT2D eigenvalue weighted by molar-refractivity contribution is -0.128. The predicted octanol–water partition coefficient (Wildman–Crippen LogP) is 3.73. The van der Waals surface area contributed by atoms with Crippen LogP contribution in [0.3, 0.4) is 0 Å². The molecule has 0 aliphatic carbocycles. The highest BCUT2D eigenvalue weighted by atomic mass is 32.2. The van der Waals surface area contributed by atoms with Crippen LogP contribution in [0.2, 0.25) is 0 Å². The van der Waals surface area contributed by atoms with Gasteiger partial charge in [-0.15, -0.1) is 0 Å². The number of amides is 3. The Morgan fingerprint density at radius 2 is 1.71 bits per heavy atom. The van der Waals surface area contributed by atoms with Crippen LogP contribution in [0.5, 0.6) is 5.75 Å². The van der Waals surface area contributed by atoms with Gasteiger partial charge in [-0.25, -0.2) is 9.89 Å². The molecule has 38 heavy (non-hydrogen) atoms. The Bertz CT molecular complexity index is 1420. The number of methoxy groups -OCH3 is 1. The summed E-state index contributed by atoms with van der Waals surface area (Å²) in [5, 5.41) is 6.03. The quantitative estimate of drug-likeness (QED) is 0.464. The topological polar surface area (TPSA) is 112 Å². The van der Waals surface area contributed by atoms with Crippen molar-refractivity contribution >= 4 is 51.9 Å². The minimum Gasteiger partial charge on any atom is -0.497 e. The first-order valence-corrected chi connectivity index (χ1v) is 13.0. The summed E-state index contributed by atoms with van der Waals surface area (Å²) >= 11 is 1.14. The number of nitrogens with zero attached hydrogens (tertiary/aromatic N) is 3. The van der Waals surface area contributed by atoms with Crippen LogP contribution in [0, 0.1) is 0 Å². The van der Waals surface area contributed by atoms with E-state index in [4.69, 9.17) is 4.74 Å². The molecule has 10 heteroatoms. The van der Waals surface area contributed by atoms with Crippen molar-refractivity contribution in [2.24, 2.45) is 9.98 Å². The minimum atomic E-state index is -0.870. The second-order valence-electron chi connectivity index (χ2n) is 8.59. The number of thioether (sulfide) groups is 1. The highest BCUT2D eigenvalue weighted by Gasteiger charge is 2.42. The van der Waals surface area contributed by atoms with E-state index in [9.17, 15) is 14.4 Å². The van der Waals surface area contributed by atoms with Gasteiger partial charge in [0.2, 0.25) is 11.8 Å². The van der Waals surface area contributed by atoms with Gasteiger partial charge >= 0.3 is 0 Å². The van der Waals surface area contributed by atoms with Gasteiger partial charge in [-0.1, -0.05) is 54.2 Å². The zero-order chi connectivity index (χ0) is 26.5. The average molecular weight is 528 g/mol.